The Kier molecular flexibility index (Phi) is 5.32. The van der Waals surface area contributed by atoms with E-state index in [-0.39, 0.29) is 0 Å². The van der Waals surface area contributed by atoms with E-state index in [0.29, 0.717) is 26.9 Å². The van der Waals surface area contributed by atoms with Crippen molar-refractivity contribution in [2.75, 3.05) is 0 Å². The molecule has 1 aromatic carbocycles. The third-order valence-electron chi connectivity index (χ3n) is 2.76. The molecule has 0 radical (unpaired) electrons. The van der Waals surface area contributed by atoms with Crippen LogP contribution in [0.1, 0.15) is 26.3 Å². The van der Waals surface area contributed by atoms with Crippen molar-refractivity contribution in [2.45, 2.75) is 25.5 Å². The van der Waals surface area contributed by atoms with Gasteiger partial charge in [-0.3, -0.25) is 9.97 Å². The largest absolute Gasteiger partial charge is 0.261 e. The van der Waals surface area contributed by atoms with Gasteiger partial charge in [0.25, 0.3) is 0 Å². The van der Waals surface area contributed by atoms with Crippen LogP contribution in [0.25, 0.3) is 11.3 Å². The lowest BCUT2D eigenvalue weighted by molar-refractivity contribution is 0.651. The molecule has 0 fully saturated rings. The van der Waals surface area contributed by atoms with E-state index in [1.54, 1.807) is 30.7 Å². The molecular weight excluding hydrogens is 341 g/mol. The number of benzene rings is 1. The molecule has 2 aromatic rings. The molecule has 0 aliphatic heterocycles. The predicted molar refractivity (Wildman–Crippen MR) is 93.0 cm³/mol. The molecule has 22 heavy (non-hydrogen) atoms. The summed E-state index contributed by atoms with van der Waals surface area (Å²) in [5.74, 6) is 0. The van der Waals surface area contributed by atoms with Crippen LogP contribution in [0.2, 0.25) is 10.0 Å². The molecule has 0 amide bonds. The summed E-state index contributed by atoms with van der Waals surface area (Å²) in [4.78, 5) is 8.21. The first kappa shape index (κ1) is 17.1. The number of nitrogens with zero attached hydrogens (tertiary/aromatic N) is 3. The summed E-state index contributed by atoms with van der Waals surface area (Å²) < 4.78 is 15.6. The Hall–Kier alpha value is -1.30. The standard InChI is InChI=1S/C15H15Cl2N3OS/c1-15(2,3)22(21)20-8-10-4-5-11(14(17)13(10)16)12-9-18-6-7-19-12/h4-9H,1-3H3/t22-/m0/s1. The number of hydrogen-bond acceptors (Lipinski definition) is 3. The van der Waals surface area contributed by atoms with Gasteiger partial charge in [0.1, 0.15) is 11.0 Å². The zero-order valence-electron chi connectivity index (χ0n) is 12.4. The van der Waals surface area contributed by atoms with Crippen molar-refractivity contribution in [3.63, 3.8) is 0 Å². The summed E-state index contributed by atoms with van der Waals surface area (Å²) in [6.07, 6.45) is 6.26. The van der Waals surface area contributed by atoms with Crippen LogP contribution in [0, 0.1) is 0 Å². The van der Waals surface area contributed by atoms with Gasteiger partial charge in [0.15, 0.2) is 0 Å². The van der Waals surface area contributed by atoms with Crippen LogP contribution in [-0.4, -0.2) is 25.1 Å². The average Bonchev–Trinajstić information content (AvgIpc) is 2.48. The van der Waals surface area contributed by atoms with E-state index in [2.05, 4.69) is 14.4 Å². The van der Waals surface area contributed by atoms with Crippen molar-refractivity contribution in [3.8, 4) is 11.3 Å². The lowest BCUT2D eigenvalue weighted by atomic mass is 10.1. The molecule has 0 spiro atoms. The highest BCUT2D eigenvalue weighted by Crippen LogP contribution is 2.34. The van der Waals surface area contributed by atoms with Crippen LogP contribution in [-0.2, 0) is 11.0 Å². The third-order valence-corrected chi connectivity index (χ3v) is 5.00. The molecular formula is C15H15Cl2N3OS. The Bertz CT molecular complexity index is 728. The lowest BCUT2D eigenvalue weighted by Gasteiger charge is -2.13. The number of rotatable bonds is 3. The summed E-state index contributed by atoms with van der Waals surface area (Å²) in [6.45, 7) is 5.56. The predicted octanol–water partition coefficient (Wildman–Crippen LogP) is 4.33. The molecule has 2 rings (SSSR count). The van der Waals surface area contributed by atoms with Crippen LogP contribution in [0.3, 0.4) is 0 Å². The van der Waals surface area contributed by atoms with E-state index in [0.717, 1.165) is 0 Å². The maximum absolute atomic E-state index is 11.9. The molecule has 1 aromatic heterocycles. The summed E-state index contributed by atoms with van der Waals surface area (Å²) in [5, 5.41) is 0.715. The maximum atomic E-state index is 11.9. The molecule has 0 unspecified atom stereocenters. The van der Waals surface area contributed by atoms with Crippen molar-refractivity contribution in [2.24, 2.45) is 4.40 Å². The molecule has 0 bridgehead atoms. The van der Waals surface area contributed by atoms with E-state index >= 15 is 0 Å². The molecule has 116 valence electrons. The first-order valence-corrected chi connectivity index (χ1v) is 8.37. The van der Waals surface area contributed by atoms with E-state index < -0.39 is 15.7 Å². The zero-order valence-corrected chi connectivity index (χ0v) is 14.7. The van der Waals surface area contributed by atoms with Crippen molar-refractivity contribution in [1.29, 1.82) is 0 Å². The molecule has 0 aliphatic carbocycles. The van der Waals surface area contributed by atoms with Crippen molar-refractivity contribution < 1.29 is 4.21 Å². The first-order valence-electron chi connectivity index (χ1n) is 6.51. The Morgan fingerprint density at radius 2 is 1.91 bits per heavy atom. The van der Waals surface area contributed by atoms with E-state index in [9.17, 15) is 4.21 Å². The molecule has 0 N–H and O–H groups in total. The molecule has 1 heterocycles. The minimum atomic E-state index is -1.35. The molecule has 1 atom stereocenters. The van der Waals surface area contributed by atoms with Gasteiger partial charge in [0, 0.05) is 29.7 Å². The Balaban J connectivity index is 2.36. The lowest BCUT2D eigenvalue weighted by Crippen LogP contribution is -2.19. The summed E-state index contributed by atoms with van der Waals surface area (Å²) in [5.41, 5.74) is 1.93. The van der Waals surface area contributed by atoms with E-state index in [4.69, 9.17) is 23.2 Å². The molecule has 0 aliphatic rings. The van der Waals surface area contributed by atoms with Crippen LogP contribution < -0.4 is 0 Å². The van der Waals surface area contributed by atoms with Gasteiger partial charge >= 0.3 is 0 Å². The maximum Gasteiger partial charge on any atom is 0.144 e. The van der Waals surface area contributed by atoms with Gasteiger partial charge < -0.3 is 0 Å². The van der Waals surface area contributed by atoms with Crippen LogP contribution in [0.15, 0.2) is 35.1 Å². The number of aromatic nitrogens is 2. The van der Waals surface area contributed by atoms with Crippen LogP contribution in [0.5, 0.6) is 0 Å². The smallest absolute Gasteiger partial charge is 0.144 e. The molecule has 0 saturated carbocycles. The topological polar surface area (TPSA) is 55.2 Å². The Morgan fingerprint density at radius 3 is 2.50 bits per heavy atom. The van der Waals surface area contributed by atoms with Crippen molar-refractivity contribution in [3.05, 3.63) is 46.3 Å². The Morgan fingerprint density at radius 1 is 1.18 bits per heavy atom. The minimum absolute atomic E-state index is 0.347. The fraction of sp³-hybridized carbons (Fsp3) is 0.267. The highest BCUT2D eigenvalue weighted by atomic mass is 35.5. The quantitative estimate of drug-likeness (QED) is 0.769. The second-order valence-corrected chi connectivity index (χ2v) is 8.21. The van der Waals surface area contributed by atoms with Gasteiger partial charge in [0.2, 0.25) is 0 Å². The van der Waals surface area contributed by atoms with Gasteiger partial charge in [-0.1, -0.05) is 35.3 Å². The highest BCUT2D eigenvalue weighted by Gasteiger charge is 2.18. The SMILES string of the molecule is CC(C)(C)[S@](=O)N=Cc1ccc(-c2cnccn2)c(Cl)c1Cl. The zero-order chi connectivity index (χ0) is 16.3. The average molecular weight is 356 g/mol. The monoisotopic (exact) mass is 355 g/mol. The van der Waals surface area contributed by atoms with Crippen LogP contribution in [0.4, 0.5) is 0 Å². The summed E-state index contributed by atoms with van der Waals surface area (Å²) in [7, 11) is -1.35. The van der Waals surface area contributed by atoms with Gasteiger partial charge in [0.05, 0.1) is 26.7 Å². The molecule has 0 saturated heterocycles. The van der Waals surface area contributed by atoms with Gasteiger partial charge in [-0.2, -0.15) is 4.40 Å². The third kappa shape index (κ3) is 3.91. The fourth-order valence-corrected chi connectivity index (χ4v) is 2.57. The van der Waals surface area contributed by atoms with Crippen LogP contribution >= 0.6 is 23.2 Å². The highest BCUT2D eigenvalue weighted by molar-refractivity contribution is 7.85. The van der Waals surface area contributed by atoms with Crippen molar-refractivity contribution >= 4 is 40.4 Å². The minimum Gasteiger partial charge on any atom is -0.261 e. The number of halogens is 2. The second kappa shape index (κ2) is 6.86. The second-order valence-electron chi connectivity index (χ2n) is 5.52. The van der Waals surface area contributed by atoms with E-state index in [1.807, 2.05) is 20.8 Å². The van der Waals surface area contributed by atoms with Gasteiger partial charge in [-0.05, 0) is 20.8 Å². The van der Waals surface area contributed by atoms with E-state index in [1.165, 1.54) is 6.21 Å². The molecule has 4 nitrogen and oxygen atoms in total. The number of hydrogen-bond donors (Lipinski definition) is 0. The summed E-state index contributed by atoms with van der Waals surface area (Å²) >= 11 is 12.6. The molecule has 7 heteroatoms. The Labute approximate surface area is 142 Å². The van der Waals surface area contributed by atoms with Gasteiger partial charge in [-0.15, -0.1) is 0 Å². The van der Waals surface area contributed by atoms with Gasteiger partial charge in [-0.25, -0.2) is 4.21 Å². The summed E-state index contributed by atoms with van der Waals surface area (Å²) in [6, 6.07) is 3.56. The van der Waals surface area contributed by atoms with Crippen molar-refractivity contribution in [1.82, 2.24) is 9.97 Å². The first-order chi connectivity index (χ1) is 10.3. The fourth-order valence-electron chi connectivity index (χ4n) is 1.56. The normalized spacial score (nSPS) is 13.5.